The van der Waals surface area contributed by atoms with Gasteiger partial charge in [0.15, 0.2) is 0 Å². The first kappa shape index (κ1) is 14.5. The summed E-state index contributed by atoms with van der Waals surface area (Å²) >= 11 is 0. The molecule has 1 aliphatic rings. The summed E-state index contributed by atoms with van der Waals surface area (Å²) in [7, 11) is 0. The first-order valence-corrected chi connectivity index (χ1v) is 7.56. The number of nitrogens with one attached hydrogen (secondary N) is 1. The fraction of sp³-hybridized carbons (Fsp3) is 0.625. The molecule has 0 saturated carbocycles. The van der Waals surface area contributed by atoms with E-state index in [9.17, 15) is 4.39 Å². The van der Waals surface area contributed by atoms with E-state index < -0.39 is 0 Å². The number of hydrazine groups is 1. The van der Waals surface area contributed by atoms with Crippen LogP contribution in [0.4, 0.5) is 4.39 Å². The summed E-state index contributed by atoms with van der Waals surface area (Å²) in [5.74, 6) is -0.157. The molecule has 1 atom stereocenters. The molecule has 0 radical (unpaired) electrons. The van der Waals surface area contributed by atoms with Crippen LogP contribution >= 0.6 is 0 Å². The van der Waals surface area contributed by atoms with Gasteiger partial charge in [-0.15, -0.1) is 0 Å². The Labute approximate surface area is 116 Å². The van der Waals surface area contributed by atoms with E-state index in [1.807, 2.05) is 12.1 Å². The number of hydrogen-bond donors (Lipinski definition) is 1. The number of hydrogen-bond acceptors (Lipinski definition) is 2. The quantitative estimate of drug-likeness (QED) is 0.834. The van der Waals surface area contributed by atoms with E-state index in [0.717, 1.165) is 19.5 Å². The fourth-order valence-electron chi connectivity index (χ4n) is 2.65. The topological polar surface area (TPSA) is 15.3 Å². The molecule has 1 heterocycles. The highest BCUT2D eigenvalue weighted by Gasteiger charge is 2.16. The minimum absolute atomic E-state index is 0.157. The molecule has 0 spiro atoms. The van der Waals surface area contributed by atoms with E-state index in [1.165, 1.54) is 37.7 Å². The van der Waals surface area contributed by atoms with Crippen molar-refractivity contribution in [2.45, 2.75) is 51.5 Å². The van der Waals surface area contributed by atoms with E-state index in [1.54, 1.807) is 12.1 Å². The van der Waals surface area contributed by atoms with Gasteiger partial charge in [-0.2, -0.15) is 0 Å². The van der Waals surface area contributed by atoms with Gasteiger partial charge in [-0.3, -0.25) is 0 Å². The molecular weight excluding hydrogens is 239 g/mol. The normalized spacial score (nSPS) is 18.4. The van der Waals surface area contributed by atoms with Crippen molar-refractivity contribution in [3.05, 3.63) is 35.6 Å². The number of rotatable bonds is 6. The summed E-state index contributed by atoms with van der Waals surface area (Å²) in [6, 6.07) is 7.26. The highest BCUT2D eigenvalue weighted by molar-refractivity contribution is 5.19. The Bertz CT molecular complexity index is 358. The molecule has 106 valence electrons. The Morgan fingerprint density at radius 3 is 2.47 bits per heavy atom. The zero-order valence-corrected chi connectivity index (χ0v) is 11.9. The Balaban J connectivity index is 1.99. The molecule has 2 nitrogen and oxygen atoms in total. The first-order valence-electron chi connectivity index (χ1n) is 7.56. The Morgan fingerprint density at radius 1 is 1.16 bits per heavy atom. The van der Waals surface area contributed by atoms with Crippen LogP contribution in [0.3, 0.4) is 0 Å². The molecule has 2 rings (SSSR count). The lowest BCUT2D eigenvalue weighted by atomic mass is 10.0. The third-order valence-corrected chi connectivity index (χ3v) is 3.81. The molecule has 1 fully saturated rings. The smallest absolute Gasteiger partial charge is 0.123 e. The zero-order valence-electron chi connectivity index (χ0n) is 11.9. The molecule has 1 unspecified atom stereocenters. The van der Waals surface area contributed by atoms with Gasteiger partial charge in [-0.05, 0) is 37.0 Å². The number of halogens is 1. The third-order valence-electron chi connectivity index (χ3n) is 3.81. The van der Waals surface area contributed by atoms with Crippen LogP contribution in [-0.2, 0) is 0 Å². The minimum Gasteiger partial charge on any atom is -0.248 e. The molecule has 19 heavy (non-hydrogen) atoms. The molecule has 0 aliphatic carbocycles. The number of piperidine rings is 1. The lowest BCUT2D eigenvalue weighted by molar-refractivity contribution is 0.124. The fourth-order valence-corrected chi connectivity index (χ4v) is 2.65. The summed E-state index contributed by atoms with van der Waals surface area (Å²) in [5, 5.41) is 2.34. The maximum atomic E-state index is 13.0. The highest BCUT2D eigenvalue weighted by atomic mass is 19.1. The minimum atomic E-state index is -0.157. The molecule has 1 aliphatic heterocycles. The van der Waals surface area contributed by atoms with Crippen LogP contribution in [0, 0.1) is 5.82 Å². The summed E-state index contributed by atoms with van der Waals surface area (Å²) in [6.07, 6.45) is 7.39. The van der Waals surface area contributed by atoms with Crippen molar-refractivity contribution >= 4 is 0 Å². The lowest BCUT2D eigenvalue weighted by Gasteiger charge is -2.32. The van der Waals surface area contributed by atoms with E-state index in [4.69, 9.17) is 0 Å². The molecule has 1 N–H and O–H groups in total. The summed E-state index contributed by atoms with van der Waals surface area (Å²) in [5.41, 5.74) is 4.83. The molecule has 3 heteroatoms. The highest BCUT2D eigenvalue weighted by Crippen LogP contribution is 2.21. The maximum absolute atomic E-state index is 13.0. The monoisotopic (exact) mass is 264 g/mol. The molecule has 0 amide bonds. The number of nitrogens with zero attached hydrogens (tertiary/aromatic N) is 1. The van der Waals surface area contributed by atoms with E-state index in [-0.39, 0.29) is 5.82 Å². The second-order valence-corrected chi connectivity index (χ2v) is 5.42. The van der Waals surface area contributed by atoms with Gasteiger partial charge in [0, 0.05) is 19.1 Å². The lowest BCUT2D eigenvalue weighted by Crippen LogP contribution is -2.43. The van der Waals surface area contributed by atoms with Crippen molar-refractivity contribution in [3.8, 4) is 0 Å². The van der Waals surface area contributed by atoms with Crippen LogP contribution in [-0.4, -0.2) is 18.1 Å². The van der Waals surface area contributed by atoms with Crippen LogP contribution in [0.5, 0.6) is 0 Å². The van der Waals surface area contributed by atoms with Gasteiger partial charge in [0.05, 0.1) is 0 Å². The second-order valence-electron chi connectivity index (χ2n) is 5.42. The van der Waals surface area contributed by atoms with Crippen LogP contribution in [0.25, 0.3) is 0 Å². The molecule has 1 aromatic rings. The Morgan fingerprint density at radius 2 is 1.84 bits per heavy atom. The van der Waals surface area contributed by atoms with Gasteiger partial charge in [-0.1, -0.05) is 38.3 Å². The largest absolute Gasteiger partial charge is 0.248 e. The Kier molecular flexibility index (Phi) is 5.80. The molecule has 1 saturated heterocycles. The van der Waals surface area contributed by atoms with Crippen LogP contribution in [0.15, 0.2) is 24.3 Å². The predicted molar refractivity (Wildman–Crippen MR) is 77.2 cm³/mol. The van der Waals surface area contributed by atoms with Crippen molar-refractivity contribution in [1.82, 2.24) is 10.4 Å². The number of benzene rings is 1. The molecular formula is C16H25FN2. The van der Waals surface area contributed by atoms with Crippen molar-refractivity contribution < 1.29 is 4.39 Å². The SMILES string of the molecule is CCCCC(NN1CCCCC1)c1ccc(F)cc1. The van der Waals surface area contributed by atoms with Crippen molar-refractivity contribution in [2.75, 3.05) is 13.1 Å². The van der Waals surface area contributed by atoms with Crippen molar-refractivity contribution in [1.29, 1.82) is 0 Å². The molecule has 0 bridgehead atoms. The van der Waals surface area contributed by atoms with E-state index in [2.05, 4.69) is 17.4 Å². The first-order chi connectivity index (χ1) is 9.29. The van der Waals surface area contributed by atoms with Gasteiger partial charge >= 0.3 is 0 Å². The van der Waals surface area contributed by atoms with Crippen LogP contribution in [0.2, 0.25) is 0 Å². The summed E-state index contributed by atoms with van der Waals surface area (Å²) in [6.45, 7) is 4.47. The van der Waals surface area contributed by atoms with Crippen molar-refractivity contribution in [3.63, 3.8) is 0 Å². The summed E-state index contributed by atoms with van der Waals surface area (Å²) in [4.78, 5) is 0. The average Bonchev–Trinajstić information content (AvgIpc) is 2.45. The standard InChI is InChI=1S/C16H25FN2/c1-2-3-7-16(14-8-10-15(17)11-9-14)18-19-12-5-4-6-13-19/h8-11,16,18H,2-7,12-13H2,1H3. The van der Waals surface area contributed by atoms with Gasteiger partial charge in [-0.25, -0.2) is 14.8 Å². The van der Waals surface area contributed by atoms with Crippen LogP contribution < -0.4 is 5.43 Å². The average molecular weight is 264 g/mol. The molecule has 0 aromatic heterocycles. The van der Waals surface area contributed by atoms with E-state index >= 15 is 0 Å². The summed E-state index contributed by atoms with van der Waals surface area (Å²) < 4.78 is 13.0. The molecule has 1 aromatic carbocycles. The zero-order chi connectivity index (χ0) is 13.5. The number of unbranched alkanes of at least 4 members (excludes halogenated alkanes) is 1. The third kappa shape index (κ3) is 4.59. The maximum Gasteiger partial charge on any atom is 0.123 e. The second kappa shape index (κ2) is 7.61. The Hall–Kier alpha value is -0.930. The van der Waals surface area contributed by atoms with Gasteiger partial charge in [0.2, 0.25) is 0 Å². The predicted octanol–water partition coefficient (Wildman–Crippen LogP) is 4.05. The van der Waals surface area contributed by atoms with Gasteiger partial charge in [0.1, 0.15) is 5.82 Å². The van der Waals surface area contributed by atoms with Crippen molar-refractivity contribution in [2.24, 2.45) is 0 Å². The van der Waals surface area contributed by atoms with Gasteiger partial charge < -0.3 is 0 Å². The van der Waals surface area contributed by atoms with Gasteiger partial charge in [0.25, 0.3) is 0 Å². The van der Waals surface area contributed by atoms with Crippen LogP contribution in [0.1, 0.15) is 57.1 Å². The van der Waals surface area contributed by atoms with E-state index in [0.29, 0.717) is 6.04 Å².